The largest absolute Gasteiger partial charge is 0.352 e. The molecule has 0 bridgehead atoms. The molecule has 2 rings (SSSR count). The molecule has 0 saturated heterocycles. The molecule has 0 aromatic heterocycles. The molecule has 0 aliphatic carbocycles. The number of nitrogens with zero attached hydrogens (tertiary/aromatic N) is 1. The van der Waals surface area contributed by atoms with E-state index in [1.807, 2.05) is 26.0 Å². The molecule has 0 spiro atoms. The zero-order chi connectivity index (χ0) is 20.0. The number of aryl methyl sites for hydroxylation is 1. The van der Waals surface area contributed by atoms with Gasteiger partial charge in [0, 0.05) is 25.1 Å². The van der Waals surface area contributed by atoms with Crippen LogP contribution in [0.15, 0.2) is 42.5 Å². The molecule has 0 radical (unpaired) electrons. The molecule has 0 aliphatic rings. The number of rotatable bonds is 8. The van der Waals surface area contributed by atoms with Gasteiger partial charge in [-0.1, -0.05) is 30.3 Å². The van der Waals surface area contributed by atoms with Crippen LogP contribution in [0.25, 0.3) is 0 Å². The lowest BCUT2D eigenvalue weighted by Gasteiger charge is -2.24. The number of hydrogen-bond acceptors (Lipinski definition) is 3. The highest BCUT2D eigenvalue weighted by atomic mass is 32.2. The third kappa shape index (κ3) is 5.79. The summed E-state index contributed by atoms with van der Waals surface area (Å²) in [6, 6.07) is 11.8. The van der Waals surface area contributed by atoms with Crippen molar-refractivity contribution in [2.45, 2.75) is 33.2 Å². The predicted molar refractivity (Wildman–Crippen MR) is 106 cm³/mol. The highest BCUT2D eigenvalue weighted by molar-refractivity contribution is 7.92. The average molecular weight is 392 g/mol. The minimum atomic E-state index is -3.46. The topological polar surface area (TPSA) is 66.5 Å². The highest BCUT2D eigenvalue weighted by Crippen LogP contribution is 2.25. The summed E-state index contributed by atoms with van der Waals surface area (Å²) in [5.74, 6) is -0.608. The number of sulfonamides is 1. The van der Waals surface area contributed by atoms with Gasteiger partial charge in [-0.2, -0.15) is 0 Å². The number of hydrogen-bond donors (Lipinski definition) is 1. The summed E-state index contributed by atoms with van der Waals surface area (Å²) in [5, 5.41) is 2.67. The Bertz CT molecular complexity index is 913. The molecule has 1 N–H and O–H groups in total. The third-order valence-electron chi connectivity index (χ3n) is 4.44. The van der Waals surface area contributed by atoms with Gasteiger partial charge in [0.15, 0.2) is 0 Å². The lowest BCUT2D eigenvalue weighted by atomic mass is 10.1. The van der Waals surface area contributed by atoms with E-state index in [4.69, 9.17) is 0 Å². The zero-order valence-electron chi connectivity index (χ0n) is 15.8. The first-order chi connectivity index (χ1) is 12.7. The predicted octanol–water partition coefficient (Wildman–Crippen LogP) is 3.31. The summed E-state index contributed by atoms with van der Waals surface area (Å²) in [6.45, 7) is 4.12. The molecule has 0 aliphatic heterocycles. The first-order valence-corrected chi connectivity index (χ1v) is 10.6. The van der Waals surface area contributed by atoms with Crippen LogP contribution in [-0.4, -0.2) is 27.1 Å². The van der Waals surface area contributed by atoms with Gasteiger partial charge in [-0.05, 0) is 43.5 Å². The number of halogens is 1. The first-order valence-electron chi connectivity index (χ1n) is 8.74. The van der Waals surface area contributed by atoms with Crippen LogP contribution in [0.4, 0.5) is 10.1 Å². The Morgan fingerprint density at radius 1 is 1.11 bits per heavy atom. The zero-order valence-corrected chi connectivity index (χ0v) is 16.6. The SMILES string of the molecule is Cc1cccc(N(CCCC(=O)NCc2ccccc2F)S(C)(=O)=O)c1C. The average Bonchev–Trinajstić information content (AvgIpc) is 2.60. The van der Waals surface area contributed by atoms with Crippen LogP contribution < -0.4 is 9.62 Å². The molecule has 146 valence electrons. The summed E-state index contributed by atoms with van der Waals surface area (Å²) >= 11 is 0. The Morgan fingerprint density at radius 3 is 2.48 bits per heavy atom. The fourth-order valence-corrected chi connectivity index (χ4v) is 3.79. The maximum absolute atomic E-state index is 13.6. The molecule has 7 heteroatoms. The molecule has 0 unspecified atom stereocenters. The maximum atomic E-state index is 13.6. The second kappa shape index (κ2) is 8.99. The molecule has 0 fully saturated rings. The van der Waals surface area contributed by atoms with Gasteiger partial charge in [-0.15, -0.1) is 0 Å². The fourth-order valence-electron chi connectivity index (χ4n) is 2.78. The normalized spacial score (nSPS) is 11.3. The minimum Gasteiger partial charge on any atom is -0.352 e. The van der Waals surface area contributed by atoms with E-state index in [1.165, 1.54) is 10.4 Å². The van der Waals surface area contributed by atoms with Crippen molar-refractivity contribution in [1.82, 2.24) is 5.32 Å². The monoisotopic (exact) mass is 392 g/mol. The quantitative estimate of drug-likeness (QED) is 0.750. The van der Waals surface area contributed by atoms with Crippen LogP contribution >= 0.6 is 0 Å². The van der Waals surface area contributed by atoms with Crippen molar-refractivity contribution >= 4 is 21.6 Å². The standard InChI is InChI=1S/C20H25FN2O3S/c1-15-8-6-11-19(16(15)2)23(27(3,25)26)13-7-12-20(24)22-14-17-9-4-5-10-18(17)21/h4-6,8-11H,7,12-14H2,1-3H3,(H,22,24). The van der Waals surface area contributed by atoms with Crippen molar-refractivity contribution in [2.75, 3.05) is 17.1 Å². The van der Waals surface area contributed by atoms with Gasteiger partial charge < -0.3 is 5.32 Å². The van der Waals surface area contributed by atoms with Gasteiger partial charge >= 0.3 is 0 Å². The van der Waals surface area contributed by atoms with E-state index >= 15 is 0 Å². The van der Waals surface area contributed by atoms with Crippen LogP contribution in [0.5, 0.6) is 0 Å². The van der Waals surface area contributed by atoms with Crippen molar-refractivity contribution in [3.8, 4) is 0 Å². The summed E-state index contributed by atoms with van der Waals surface area (Å²) in [5.41, 5.74) is 2.94. The lowest BCUT2D eigenvalue weighted by molar-refractivity contribution is -0.121. The van der Waals surface area contributed by atoms with Crippen LogP contribution in [-0.2, 0) is 21.4 Å². The molecular weight excluding hydrogens is 367 g/mol. The van der Waals surface area contributed by atoms with Gasteiger partial charge in [0.05, 0.1) is 11.9 Å². The Kier molecular flexibility index (Phi) is 6.96. The minimum absolute atomic E-state index is 0.109. The number of carbonyl (C=O) groups excluding carboxylic acids is 1. The van der Waals surface area contributed by atoms with E-state index in [0.29, 0.717) is 17.7 Å². The molecule has 0 heterocycles. The van der Waals surface area contributed by atoms with Gasteiger partial charge in [0.25, 0.3) is 0 Å². The molecule has 27 heavy (non-hydrogen) atoms. The van der Waals surface area contributed by atoms with E-state index in [9.17, 15) is 17.6 Å². The number of benzene rings is 2. The Balaban J connectivity index is 1.95. The second-order valence-electron chi connectivity index (χ2n) is 6.53. The number of carbonyl (C=O) groups is 1. The summed E-state index contributed by atoms with van der Waals surface area (Å²) in [7, 11) is -3.46. The van der Waals surface area contributed by atoms with Crippen LogP contribution in [0.3, 0.4) is 0 Å². The smallest absolute Gasteiger partial charge is 0.232 e. The number of amides is 1. The third-order valence-corrected chi connectivity index (χ3v) is 5.62. The van der Waals surface area contributed by atoms with Gasteiger partial charge in [0.2, 0.25) is 15.9 Å². The van der Waals surface area contributed by atoms with Crippen LogP contribution in [0, 0.1) is 19.7 Å². The number of anilines is 1. The highest BCUT2D eigenvalue weighted by Gasteiger charge is 2.19. The van der Waals surface area contributed by atoms with E-state index in [1.54, 1.807) is 24.3 Å². The molecule has 5 nitrogen and oxygen atoms in total. The Morgan fingerprint density at radius 2 is 1.81 bits per heavy atom. The lowest BCUT2D eigenvalue weighted by Crippen LogP contribution is -2.32. The van der Waals surface area contributed by atoms with Crippen molar-refractivity contribution in [3.63, 3.8) is 0 Å². The molecule has 2 aromatic carbocycles. The first kappa shape index (κ1) is 20.9. The second-order valence-corrected chi connectivity index (χ2v) is 8.43. The van der Waals surface area contributed by atoms with Gasteiger partial charge in [-0.3, -0.25) is 9.10 Å². The van der Waals surface area contributed by atoms with Crippen LogP contribution in [0.1, 0.15) is 29.5 Å². The summed E-state index contributed by atoms with van der Waals surface area (Å²) in [4.78, 5) is 12.0. The molecule has 2 aromatic rings. The maximum Gasteiger partial charge on any atom is 0.232 e. The van der Waals surface area contributed by atoms with Gasteiger partial charge in [-0.25, -0.2) is 12.8 Å². The van der Waals surface area contributed by atoms with E-state index in [2.05, 4.69) is 5.32 Å². The van der Waals surface area contributed by atoms with Gasteiger partial charge in [0.1, 0.15) is 5.82 Å². The van der Waals surface area contributed by atoms with Crippen molar-refractivity contribution in [1.29, 1.82) is 0 Å². The molecular formula is C20H25FN2O3S. The molecule has 0 saturated carbocycles. The summed E-state index contributed by atoms with van der Waals surface area (Å²) < 4.78 is 39.3. The Labute approximate surface area is 160 Å². The van der Waals surface area contributed by atoms with E-state index < -0.39 is 10.0 Å². The fraction of sp³-hybridized carbons (Fsp3) is 0.350. The van der Waals surface area contributed by atoms with E-state index in [-0.39, 0.29) is 31.2 Å². The van der Waals surface area contributed by atoms with Crippen molar-refractivity contribution in [2.24, 2.45) is 0 Å². The Hall–Kier alpha value is -2.41. The number of nitrogens with one attached hydrogen (secondary N) is 1. The van der Waals surface area contributed by atoms with Crippen molar-refractivity contribution < 1.29 is 17.6 Å². The summed E-state index contributed by atoms with van der Waals surface area (Å²) in [6.07, 6.45) is 1.68. The van der Waals surface area contributed by atoms with Crippen LogP contribution in [0.2, 0.25) is 0 Å². The molecule has 1 amide bonds. The molecule has 0 atom stereocenters. The van der Waals surface area contributed by atoms with E-state index in [0.717, 1.165) is 17.4 Å². The van der Waals surface area contributed by atoms with Crippen molar-refractivity contribution in [3.05, 3.63) is 65.0 Å².